The lowest BCUT2D eigenvalue weighted by Crippen LogP contribution is -2.43. The second kappa shape index (κ2) is 8.40. The minimum Gasteiger partial charge on any atom is -0.487 e. The molecule has 162 valence electrons. The number of sulfone groups is 1. The van der Waals surface area contributed by atoms with E-state index in [9.17, 15) is 18.4 Å². The van der Waals surface area contributed by atoms with Crippen LogP contribution in [0.3, 0.4) is 0 Å². The Bertz CT molecular complexity index is 1010. The smallest absolute Gasteiger partial charge is 0.250 e. The van der Waals surface area contributed by atoms with Crippen molar-refractivity contribution >= 4 is 38.7 Å². The van der Waals surface area contributed by atoms with E-state index in [0.29, 0.717) is 15.9 Å². The number of ether oxygens (including phenoxy) is 3. The van der Waals surface area contributed by atoms with Gasteiger partial charge in [0, 0.05) is 5.38 Å². The summed E-state index contributed by atoms with van der Waals surface area (Å²) in [6.07, 6.45) is -0.429. The Balaban J connectivity index is 1.47. The molecule has 2 heterocycles. The van der Waals surface area contributed by atoms with Crippen LogP contribution in [0.2, 0.25) is 4.47 Å². The zero-order chi connectivity index (χ0) is 21.4. The SMILES string of the molecule is O=C(NO)C1(CS(=O)(=O)c2ccc(OCc3csc(Cl)n3)cc2)CC2OCOC2C1. The fraction of sp³-hybridized carbons (Fsp3) is 0.444. The molecule has 1 aromatic heterocycles. The molecule has 1 aliphatic carbocycles. The predicted octanol–water partition coefficient (Wildman–Crippen LogP) is 2.18. The molecule has 2 aliphatic rings. The maximum absolute atomic E-state index is 13.0. The summed E-state index contributed by atoms with van der Waals surface area (Å²) in [5.74, 6) is -0.753. The molecule has 0 spiro atoms. The number of hydrogen-bond acceptors (Lipinski definition) is 9. The van der Waals surface area contributed by atoms with E-state index in [1.54, 1.807) is 10.9 Å². The number of hydrogen-bond donors (Lipinski definition) is 2. The van der Waals surface area contributed by atoms with Crippen molar-refractivity contribution in [2.24, 2.45) is 5.41 Å². The molecule has 9 nitrogen and oxygen atoms in total. The molecule has 1 amide bonds. The number of hydroxylamine groups is 1. The first kappa shape index (κ1) is 21.5. The molecule has 4 rings (SSSR count). The average molecular weight is 475 g/mol. The van der Waals surface area contributed by atoms with Gasteiger partial charge in [-0.3, -0.25) is 10.0 Å². The van der Waals surface area contributed by atoms with E-state index in [0.717, 1.165) is 0 Å². The van der Waals surface area contributed by atoms with Crippen molar-refractivity contribution in [2.45, 2.75) is 36.6 Å². The highest BCUT2D eigenvalue weighted by molar-refractivity contribution is 7.91. The Hall–Kier alpha value is -1.76. The van der Waals surface area contributed by atoms with Crippen LogP contribution in [0.15, 0.2) is 34.5 Å². The Morgan fingerprint density at radius 3 is 2.53 bits per heavy atom. The lowest BCUT2D eigenvalue weighted by molar-refractivity contribution is -0.140. The summed E-state index contributed by atoms with van der Waals surface area (Å²) >= 11 is 7.08. The fourth-order valence-corrected chi connectivity index (χ4v) is 6.42. The number of nitrogens with one attached hydrogen (secondary N) is 1. The van der Waals surface area contributed by atoms with Crippen LogP contribution in [0.4, 0.5) is 0 Å². The third-order valence-electron chi connectivity index (χ3n) is 5.31. The summed E-state index contributed by atoms with van der Waals surface area (Å²) in [4.78, 5) is 16.5. The monoisotopic (exact) mass is 474 g/mol. The number of benzene rings is 1. The molecule has 0 bridgehead atoms. The van der Waals surface area contributed by atoms with Crippen molar-refractivity contribution in [1.29, 1.82) is 0 Å². The maximum atomic E-state index is 13.0. The van der Waals surface area contributed by atoms with Crippen molar-refractivity contribution in [2.75, 3.05) is 12.5 Å². The molecule has 1 aromatic carbocycles. The number of amides is 1. The van der Waals surface area contributed by atoms with Gasteiger partial charge in [-0.15, -0.1) is 11.3 Å². The maximum Gasteiger partial charge on any atom is 0.250 e. The van der Waals surface area contributed by atoms with Gasteiger partial charge in [0.2, 0.25) is 0 Å². The van der Waals surface area contributed by atoms with E-state index in [2.05, 4.69) is 4.98 Å². The van der Waals surface area contributed by atoms with E-state index >= 15 is 0 Å². The van der Waals surface area contributed by atoms with Crippen molar-refractivity contribution in [1.82, 2.24) is 10.5 Å². The van der Waals surface area contributed by atoms with Gasteiger partial charge in [-0.25, -0.2) is 18.9 Å². The lowest BCUT2D eigenvalue weighted by Gasteiger charge is -2.27. The van der Waals surface area contributed by atoms with Crippen molar-refractivity contribution in [3.63, 3.8) is 0 Å². The van der Waals surface area contributed by atoms with E-state index in [4.69, 9.17) is 25.8 Å². The number of fused-ring (bicyclic) bond motifs is 1. The van der Waals surface area contributed by atoms with Crippen molar-refractivity contribution in [3.05, 3.63) is 39.8 Å². The Kier molecular flexibility index (Phi) is 6.02. The molecule has 2 fully saturated rings. The highest BCUT2D eigenvalue weighted by Crippen LogP contribution is 2.45. The molecule has 2 N–H and O–H groups in total. The number of carbonyl (C=O) groups is 1. The first-order valence-electron chi connectivity index (χ1n) is 9.05. The minimum atomic E-state index is -3.84. The Labute approximate surface area is 181 Å². The summed E-state index contributed by atoms with van der Waals surface area (Å²) < 4.78 is 42.9. The normalized spacial score (nSPS) is 25.8. The molecule has 30 heavy (non-hydrogen) atoms. The summed E-state index contributed by atoms with van der Waals surface area (Å²) in [5, 5.41) is 11.0. The van der Waals surface area contributed by atoms with E-state index in [-0.39, 0.29) is 43.3 Å². The summed E-state index contributed by atoms with van der Waals surface area (Å²) in [5.41, 5.74) is 0.950. The van der Waals surface area contributed by atoms with Crippen molar-refractivity contribution in [3.8, 4) is 5.75 Å². The van der Waals surface area contributed by atoms with Gasteiger partial charge >= 0.3 is 0 Å². The van der Waals surface area contributed by atoms with Crippen LogP contribution in [-0.4, -0.2) is 49.3 Å². The van der Waals surface area contributed by atoms with Crippen LogP contribution in [-0.2, 0) is 30.7 Å². The van der Waals surface area contributed by atoms with Crippen LogP contribution >= 0.6 is 22.9 Å². The lowest BCUT2D eigenvalue weighted by atomic mass is 9.87. The third-order valence-corrected chi connectivity index (χ3v) is 8.26. The molecule has 2 unspecified atom stereocenters. The molecule has 1 saturated heterocycles. The van der Waals surface area contributed by atoms with Gasteiger partial charge in [0.25, 0.3) is 5.91 Å². The van der Waals surface area contributed by atoms with Gasteiger partial charge in [-0.1, -0.05) is 11.6 Å². The van der Waals surface area contributed by atoms with Crippen LogP contribution in [0.5, 0.6) is 5.75 Å². The Morgan fingerprint density at radius 1 is 1.30 bits per heavy atom. The van der Waals surface area contributed by atoms with Gasteiger partial charge in [-0.05, 0) is 37.1 Å². The fourth-order valence-electron chi connectivity index (χ4n) is 3.85. The minimum absolute atomic E-state index is 0.0514. The standard InChI is InChI=1S/C18H19ClN2O7S2/c19-17-20-11(8-29-17)7-26-12-1-3-13(4-2-12)30(24,25)9-18(16(22)21-23)5-14-15(6-18)28-10-27-14/h1-4,8,14-15,23H,5-7,9-10H2,(H,21,22). The number of thiazole rings is 1. The summed E-state index contributed by atoms with van der Waals surface area (Å²) in [6.45, 7) is 0.325. The van der Waals surface area contributed by atoms with Gasteiger partial charge in [0.1, 0.15) is 19.1 Å². The molecule has 0 radical (unpaired) electrons. The van der Waals surface area contributed by atoms with E-state index in [1.807, 2.05) is 0 Å². The second-order valence-electron chi connectivity index (χ2n) is 7.27. The predicted molar refractivity (Wildman–Crippen MR) is 106 cm³/mol. The number of halogens is 1. The van der Waals surface area contributed by atoms with E-state index < -0.39 is 26.9 Å². The highest BCUT2D eigenvalue weighted by atomic mass is 35.5. The topological polar surface area (TPSA) is 124 Å². The number of nitrogens with zero attached hydrogens (tertiary/aromatic N) is 1. The summed E-state index contributed by atoms with van der Waals surface area (Å²) in [6, 6.07) is 5.92. The van der Waals surface area contributed by atoms with Crippen LogP contribution < -0.4 is 10.2 Å². The van der Waals surface area contributed by atoms with Crippen molar-refractivity contribution < 1.29 is 32.6 Å². The Morgan fingerprint density at radius 2 is 1.97 bits per heavy atom. The number of aromatic nitrogens is 1. The zero-order valence-electron chi connectivity index (χ0n) is 15.6. The van der Waals surface area contributed by atoms with Crippen LogP contribution in [0.25, 0.3) is 0 Å². The van der Waals surface area contributed by atoms with Crippen LogP contribution in [0, 0.1) is 5.41 Å². The van der Waals surface area contributed by atoms with Crippen LogP contribution in [0.1, 0.15) is 18.5 Å². The molecule has 1 saturated carbocycles. The molecular formula is C18H19ClN2O7S2. The van der Waals surface area contributed by atoms with Gasteiger partial charge in [0.15, 0.2) is 14.3 Å². The molecule has 12 heteroatoms. The molecular weight excluding hydrogens is 456 g/mol. The third kappa shape index (κ3) is 4.32. The van der Waals surface area contributed by atoms with Gasteiger partial charge < -0.3 is 14.2 Å². The quantitative estimate of drug-likeness (QED) is 0.462. The zero-order valence-corrected chi connectivity index (χ0v) is 18.0. The number of carbonyl (C=O) groups excluding carboxylic acids is 1. The molecule has 1 aliphatic heterocycles. The van der Waals surface area contributed by atoms with Gasteiger partial charge in [-0.2, -0.15) is 0 Å². The first-order chi connectivity index (χ1) is 14.3. The van der Waals surface area contributed by atoms with E-state index in [1.165, 1.54) is 35.6 Å². The average Bonchev–Trinajstić information content (AvgIpc) is 3.41. The highest BCUT2D eigenvalue weighted by Gasteiger charge is 2.55. The second-order valence-corrected chi connectivity index (χ2v) is 10.7. The largest absolute Gasteiger partial charge is 0.487 e. The molecule has 2 aromatic rings. The number of rotatable bonds is 7. The summed E-state index contributed by atoms with van der Waals surface area (Å²) in [7, 11) is -3.84. The first-order valence-corrected chi connectivity index (χ1v) is 12.0. The molecule has 2 atom stereocenters. The van der Waals surface area contributed by atoms with Gasteiger partial charge in [0.05, 0.1) is 34.0 Å².